The van der Waals surface area contributed by atoms with Crippen LogP contribution in [0.15, 0.2) is 65.8 Å². The fraction of sp³-hybridized carbons (Fsp3) is 0.300. The Hall–Kier alpha value is -2.67. The first-order chi connectivity index (χ1) is 13.1. The van der Waals surface area contributed by atoms with Crippen molar-refractivity contribution in [3.8, 4) is 0 Å². The SMILES string of the molecule is CC(C)C(NC(=O)CSc1nnnn1Cc1ccccc1)c1ccccc1. The van der Waals surface area contributed by atoms with Crippen LogP contribution >= 0.6 is 11.8 Å². The monoisotopic (exact) mass is 381 g/mol. The summed E-state index contributed by atoms with van der Waals surface area (Å²) < 4.78 is 1.71. The maximum absolute atomic E-state index is 12.5. The van der Waals surface area contributed by atoms with Gasteiger partial charge in [-0.25, -0.2) is 4.68 Å². The first-order valence-electron chi connectivity index (χ1n) is 8.90. The first-order valence-corrected chi connectivity index (χ1v) is 9.89. The Balaban J connectivity index is 1.59. The molecule has 1 unspecified atom stereocenters. The van der Waals surface area contributed by atoms with Gasteiger partial charge in [0.05, 0.1) is 18.3 Å². The molecule has 0 aliphatic rings. The maximum atomic E-state index is 12.5. The summed E-state index contributed by atoms with van der Waals surface area (Å²) in [5.41, 5.74) is 2.22. The van der Waals surface area contributed by atoms with Crippen molar-refractivity contribution in [3.05, 3.63) is 71.8 Å². The van der Waals surface area contributed by atoms with Crippen LogP contribution < -0.4 is 5.32 Å². The van der Waals surface area contributed by atoms with Gasteiger partial charge in [0.15, 0.2) is 0 Å². The van der Waals surface area contributed by atoms with E-state index in [4.69, 9.17) is 0 Å². The Bertz CT molecular complexity index is 851. The summed E-state index contributed by atoms with van der Waals surface area (Å²) >= 11 is 1.34. The van der Waals surface area contributed by atoms with Crippen LogP contribution in [0.1, 0.15) is 31.0 Å². The van der Waals surface area contributed by atoms with E-state index in [0.717, 1.165) is 11.1 Å². The molecule has 0 saturated heterocycles. The molecule has 1 heterocycles. The fourth-order valence-electron chi connectivity index (χ4n) is 2.80. The van der Waals surface area contributed by atoms with E-state index in [-0.39, 0.29) is 17.7 Å². The van der Waals surface area contributed by atoms with Crippen molar-refractivity contribution < 1.29 is 4.79 Å². The molecular formula is C20H23N5OS. The number of hydrogen-bond donors (Lipinski definition) is 1. The molecule has 1 amide bonds. The number of rotatable bonds is 8. The van der Waals surface area contributed by atoms with E-state index < -0.39 is 0 Å². The molecule has 6 nitrogen and oxygen atoms in total. The van der Waals surface area contributed by atoms with Crippen molar-refractivity contribution in [2.24, 2.45) is 5.92 Å². The predicted molar refractivity (Wildman–Crippen MR) is 106 cm³/mol. The molecule has 3 rings (SSSR count). The third-order valence-corrected chi connectivity index (χ3v) is 5.11. The molecule has 1 N–H and O–H groups in total. The zero-order valence-electron chi connectivity index (χ0n) is 15.4. The molecule has 0 bridgehead atoms. The highest BCUT2D eigenvalue weighted by molar-refractivity contribution is 7.99. The summed E-state index contributed by atoms with van der Waals surface area (Å²) in [6.07, 6.45) is 0. The lowest BCUT2D eigenvalue weighted by Gasteiger charge is -2.22. The molecular weight excluding hydrogens is 358 g/mol. The molecule has 2 aromatic carbocycles. The van der Waals surface area contributed by atoms with Crippen LogP contribution in [-0.4, -0.2) is 31.9 Å². The zero-order chi connectivity index (χ0) is 19.1. The summed E-state index contributed by atoms with van der Waals surface area (Å²) in [7, 11) is 0. The van der Waals surface area contributed by atoms with Gasteiger partial charge in [0.2, 0.25) is 11.1 Å². The third-order valence-electron chi connectivity index (χ3n) is 4.15. The van der Waals surface area contributed by atoms with Crippen molar-refractivity contribution in [2.75, 3.05) is 5.75 Å². The smallest absolute Gasteiger partial charge is 0.230 e. The Morgan fingerprint density at radius 1 is 1.07 bits per heavy atom. The molecule has 1 atom stereocenters. The lowest BCUT2D eigenvalue weighted by atomic mass is 9.96. The van der Waals surface area contributed by atoms with Crippen molar-refractivity contribution in [1.82, 2.24) is 25.5 Å². The van der Waals surface area contributed by atoms with Gasteiger partial charge < -0.3 is 5.32 Å². The average Bonchev–Trinajstić information content (AvgIpc) is 3.12. The number of tetrazole rings is 1. The van der Waals surface area contributed by atoms with Gasteiger partial charge in [-0.15, -0.1) is 5.10 Å². The van der Waals surface area contributed by atoms with E-state index in [2.05, 4.69) is 34.7 Å². The van der Waals surface area contributed by atoms with Crippen molar-refractivity contribution >= 4 is 17.7 Å². The first kappa shape index (κ1) is 19.1. The van der Waals surface area contributed by atoms with Gasteiger partial charge in [-0.2, -0.15) is 0 Å². The minimum atomic E-state index is -0.0307. The van der Waals surface area contributed by atoms with Gasteiger partial charge in [-0.3, -0.25) is 4.79 Å². The highest BCUT2D eigenvalue weighted by Gasteiger charge is 2.19. The number of aromatic nitrogens is 4. The summed E-state index contributed by atoms with van der Waals surface area (Å²) in [6, 6.07) is 20.0. The fourth-order valence-corrected chi connectivity index (χ4v) is 3.48. The minimum Gasteiger partial charge on any atom is -0.348 e. The second-order valence-corrected chi connectivity index (χ2v) is 7.54. The van der Waals surface area contributed by atoms with E-state index in [9.17, 15) is 4.79 Å². The van der Waals surface area contributed by atoms with Crippen LogP contribution in [-0.2, 0) is 11.3 Å². The topological polar surface area (TPSA) is 72.7 Å². The maximum Gasteiger partial charge on any atom is 0.230 e. The third kappa shape index (κ3) is 5.40. The van der Waals surface area contributed by atoms with E-state index in [1.807, 2.05) is 60.7 Å². The van der Waals surface area contributed by atoms with Crippen molar-refractivity contribution in [1.29, 1.82) is 0 Å². The number of benzene rings is 2. The molecule has 0 saturated carbocycles. The van der Waals surface area contributed by atoms with E-state index >= 15 is 0 Å². The standard InChI is InChI=1S/C20H23N5OS/c1-15(2)19(17-11-7-4-8-12-17)21-18(26)14-27-20-22-23-24-25(20)13-16-9-5-3-6-10-16/h3-12,15,19H,13-14H2,1-2H3,(H,21,26). The number of nitrogens with one attached hydrogen (secondary N) is 1. The second kappa shape index (κ2) is 9.32. The quantitative estimate of drug-likeness (QED) is 0.606. The van der Waals surface area contributed by atoms with Crippen LogP contribution in [0.3, 0.4) is 0 Å². The normalized spacial score (nSPS) is 12.1. The Kier molecular flexibility index (Phi) is 6.59. The number of carbonyl (C=O) groups is 1. The highest BCUT2D eigenvalue weighted by Crippen LogP contribution is 2.22. The van der Waals surface area contributed by atoms with Gasteiger partial charge in [0, 0.05) is 0 Å². The second-order valence-electron chi connectivity index (χ2n) is 6.59. The number of amides is 1. The van der Waals surface area contributed by atoms with Crippen molar-refractivity contribution in [2.45, 2.75) is 31.6 Å². The molecule has 140 valence electrons. The molecule has 7 heteroatoms. The van der Waals surface area contributed by atoms with Gasteiger partial charge in [0.25, 0.3) is 0 Å². The zero-order valence-corrected chi connectivity index (χ0v) is 16.3. The summed E-state index contributed by atoms with van der Waals surface area (Å²) in [4.78, 5) is 12.5. The van der Waals surface area contributed by atoms with Gasteiger partial charge in [-0.05, 0) is 27.5 Å². The van der Waals surface area contributed by atoms with Gasteiger partial charge in [-0.1, -0.05) is 86.3 Å². The molecule has 27 heavy (non-hydrogen) atoms. The van der Waals surface area contributed by atoms with E-state index in [1.54, 1.807) is 4.68 Å². The Morgan fingerprint density at radius 3 is 2.41 bits per heavy atom. The molecule has 1 aromatic heterocycles. The van der Waals surface area contributed by atoms with Crippen LogP contribution in [0, 0.1) is 5.92 Å². The molecule has 0 aliphatic carbocycles. The largest absolute Gasteiger partial charge is 0.348 e. The van der Waals surface area contributed by atoms with Crippen LogP contribution in [0.25, 0.3) is 0 Å². The van der Waals surface area contributed by atoms with E-state index in [1.165, 1.54) is 11.8 Å². The number of nitrogens with zero attached hydrogens (tertiary/aromatic N) is 4. The lowest BCUT2D eigenvalue weighted by molar-refractivity contribution is -0.119. The number of carbonyl (C=O) groups excluding carboxylic acids is 1. The molecule has 0 aliphatic heterocycles. The summed E-state index contributed by atoms with van der Waals surface area (Å²) in [6.45, 7) is 4.79. The van der Waals surface area contributed by atoms with E-state index in [0.29, 0.717) is 17.6 Å². The molecule has 0 spiro atoms. The van der Waals surface area contributed by atoms with Gasteiger partial charge in [0.1, 0.15) is 0 Å². The Morgan fingerprint density at radius 2 is 1.74 bits per heavy atom. The lowest BCUT2D eigenvalue weighted by Crippen LogP contribution is -2.33. The molecule has 0 radical (unpaired) electrons. The van der Waals surface area contributed by atoms with Crippen molar-refractivity contribution in [3.63, 3.8) is 0 Å². The van der Waals surface area contributed by atoms with Crippen LogP contribution in [0.2, 0.25) is 0 Å². The van der Waals surface area contributed by atoms with Crippen LogP contribution in [0.4, 0.5) is 0 Å². The minimum absolute atomic E-state index is 0.0142. The number of thioether (sulfide) groups is 1. The predicted octanol–water partition coefficient (Wildman–Crippen LogP) is 3.33. The highest BCUT2D eigenvalue weighted by atomic mass is 32.2. The summed E-state index contributed by atoms with van der Waals surface area (Å²) in [5, 5.41) is 15.6. The molecule has 3 aromatic rings. The number of hydrogen-bond acceptors (Lipinski definition) is 5. The molecule has 0 fully saturated rings. The average molecular weight is 382 g/mol. The van der Waals surface area contributed by atoms with Crippen LogP contribution in [0.5, 0.6) is 0 Å². The summed E-state index contributed by atoms with van der Waals surface area (Å²) in [5.74, 6) is 0.534. The van der Waals surface area contributed by atoms with Gasteiger partial charge >= 0.3 is 0 Å². The Labute approximate surface area is 163 Å².